The molecule has 138 valence electrons. The molecule has 2 aliphatic heterocycles. The lowest BCUT2D eigenvalue weighted by Crippen LogP contribution is -2.50. The van der Waals surface area contributed by atoms with Crippen molar-refractivity contribution < 1.29 is 14.3 Å². The Balaban J connectivity index is 1.58. The SMILES string of the molecule is CC(C)(C)OC(=O)N1CCCC1C(=O)N1CCC(c2nccs2)CC1. The first-order valence-electron chi connectivity index (χ1n) is 9.03. The molecule has 1 aromatic heterocycles. The maximum Gasteiger partial charge on any atom is 0.410 e. The highest BCUT2D eigenvalue weighted by Crippen LogP contribution is 2.31. The van der Waals surface area contributed by atoms with Crippen LogP contribution in [0.5, 0.6) is 0 Å². The number of thiazole rings is 1. The number of rotatable bonds is 2. The largest absolute Gasteiger partial charge is 0.444 e. The van der Waals surface area contributed by atoms with Crippen molar-refractivity contribution in [3.8, 4) is 0 Å². The van der Waals surface area contributed by atoms with Crippen LogP contribution in [0.25, 0.3) is 0 Å². The molecule has 2 amide bonds. The molecule has 6 nitrogen and oxygen atoms in total. The molecule has 0 spiro atoms. The minimum atomic E-state index is -0.542. The summed E-state index contributed by atoms with van der Waals surface area (Å²) in [5.74, 6) is 0.524. The zero-order valence-electron chi connectivity index (χ0n) is 15.2. The van der Waals surface area contributed by atoms with E-state index in [9.17, 15) is 9.59 Å². The number of aromatic nitrogens is 1. The molecule has 0 saturated carbocycles. The van der Waals surface area contributed by atoms with Crippen LogP contribution in [0.2, 0.25) is 0 Å². The first-order valence-corrected chi connectivity index (χ1v) is 9.91. The number of nitrogens with zero attached hydrogens (tertiary/aromatic N) is 3. The van der Waals surface area contributed by atoms with Crippen LogP contribution in [0, 0.1) is 0 Å². The number of carbonyl (C=O) groups excluding carboxylic acids is 2. The molecule has 0 aromatic carbocycles. The molecule has 2 saturated heterocycles. The molecule has 25 heavy (non-hydrogen) atoms. The molecule has 0 aliphatic carbocycles. The molecule has 2 aliphatic rings. The van der Waals surface area contributed by atoms with E-state index in [-0.39, 0.29) is 18.0 Å². The highest BCUT2D eigenvalue weighted by atomic mass is 32.1. The van der Waals surface area contributed by atoms with Gasteiger partial charge in [0.25, 0.3) is 0 Å². The first kappa shape index (κ1) is 18.2. The number of hydrogen-bond acceptors (Lipinski definition) is 5. The van der Waals surface area contributed by atoms with Gasteiger partial charge in [-0.15, -0.1) is 11.3 Å². The second-order valence-electron chi connectivity index (χ2n) is 7.80. The van der Waals surface area contributed by atoms with Gasteiger partial charge in [-0.25, -0.2) is 9.78 Å². The van der Waals surface area contributed by atoms with Crippen molar-refractivity contribution in [3.63, 3.8) is 0 Å². The van der Waals surface area contributed by atoms with E-state index >= 15 is 0 Å². The zero-order valence-corrected chi connectivity index (χ0v) is 16.1. The molecule has 1 aromatic rings. The predicted molar refractivity (Wildman–Crippen MR) is 96.6 cm³/mol. The van der Waals surface area contributed by atoms with E-state index < -0.39 is 5.60 Å². The van der Waals surface area contributed by atoms with Gasteiger partial charge in [-0.05, 0) is 46.5 Å². The zero-order chi connectivity index (χ0) is 18.0. The number of ether oxygens (including phenoxy) is 1. The topological polar surface area (TPSA) is 62.7 Å². The fourth-order valence-corrected chi connectivity index (χ4v) is 4.37. The number of carbonyl (C=O) groups is 2. The average molecular weight is 365 g/mol. The predicted octanol–water partition coefficient (Wildman–Crippen LogP) is 3.25. The van der Waals surface area contributed by atoms with Gasteiger partial charge in [-0.2, -0.15) is 0 Å². The van der Waals surface area contributed by atoms with Gasteiger partial charge in [0.1, 0.15) is 11.6 Å². The normalized spacial score (nSPS) is 22.3. The van der Waals surface area contributed by atoms with Crippen molar-refractivity contribution in [1.29, 1.82) is 0 Å². The van der Waals surface area contributed by atoms with Crippen molar-refractivity contribution in [3.05, 3.63) is 16.6 Å². The van der Waals surface area contributed by atoms with Crippen molar-refractivity contribution in [2.75, 3.05) is 19.6 Å². The Bertz CT molecular complexity index is 604. The maximum absolute atomic E-state index is 12.9. The summed E-state index contributed by atoms with van der Waals surface area (Å²) in [5.41, 5.74) is -0.542. The molecule has 7 heteroatoms. The van der Waals surface area contributed by atoms with Crippen LogP contribution >= 0.6 is 11.3 Å². The van der Waals surface area contributed by atoms with E-state index in [1.807, 2.05) is 37.2 Å². The minimum Gasteiger partial charge on any atom is -0.444 e. The Kier molecular flexibility index (Phi) is 5.32. The van der Waals surface area contributed by atoms with Crippen LogP contribution in [-0.4, -0.2) is 58.1 Å². The molecule has 0 bridgehead atoms. The van der Waals surface area contributed by atoms with Crippen LogP contribution < -0.4 is 0 Å². The molecule has 2 fully saturated rings. The van der Waals surface area contributed by atoms with Crippen LogP contribution in [0.1, 0.15) is 57.4 Å². The molecule has 3 heterocycles. The summed E-state index contributed by atoms with van der Waals surface area (Å²) < 4.78 is 5.46. The lowest BCUT2D eigenvalue weighted by atomic mass is 9.97. The summed E-state index contributed by atoms with van der Waals surface area (Å²) in [6.07, 6.45) is 4.93. The average Bonchev–Trinajstić information content (AvgIpc) is 3.24. The molecular formula is C18H27N3O3S. The van der Waals surface area contributed by atoms with Crippen molar-refractivity contribution >= 4 is 23.3 Å². The maximum atomic E-state index is 12.9. The van der Waals surface area contributed by atoms with Gasteiger partial charge in [0, 0.05) is 37.1 Å². The fourth-order valence-electron chi connectivity index (χ4n) is 3.56. The summed E-state index contributed by atoms with van der Waals surface area (Å²) in [6.45, 7) is 7.62. The summed E-state index contributed by atoms with van der Waals surface area (Å²) in [6, 6.07) is -0.369. The van der Waals surface area contributed by atoms with Crippen molar-refractivity contribution in [2.24, 2.45) is 0 Å². The minimum absolute atomic E-state index is 0.0703. The summed E-state index contributed by atoms with van der Waals surface area (Å²) in [5, 5.41) is 3.17. The Morgan fingerprint density at radius 2 is 1.92 bits per heavy atom. The molecular weight excluding hydrogens is 338 g/mol. The highest BCUT2D eigenvalue weighted by Gasteiger charge is 2.39. The lowest BCUT2D eigenvalue weighted by Gasteiger charge is -2.35. The Morgan fingerprint density at radius 1 is 1.20 bits per heavy atom. The third-order valence-corrected chi connectivity index (χ3v) is 5.71. The van der Waals surface area contributed by atoms with Crippen LogP contribution in [-0.2, 0) is 9.53 Å². The van der Waals surface area contributed by atoms with Gasteiger partial charge < -0.3 is 9.64 Å². The van der Waals surface area contributed by atoms with Crippen LogP contribution in [0.3, 0.4) is 0 Å². The quantitative estimate of drug-likeness (QED) is 0.807. The Labute approximate surface area is 153 Å². The first-order chi connectivity index (χ1) is 11.8. The van der Waals surface area contributed by atoms with Gasteiger partial charge >= 0.3 is 6.09 Å². The molecule has 1 unspecified atom stereocenters. The van der Waals surface area contributed by atoms with Crippen LogP contribution in [0.4, 0.5) is 4.79 Å². The smallest absolute Gasteiger partial charge is 0.410 e. The Hall–Kier alpha value is -1.63. The number of piperidine rings is 1. The number of amides is 2. The van der Waals surface area contributed by atoms with E-state index in [4.69, 9.17) is 4.74 Å². The van der Waals surface area contributed by atoms with Gasteiger partial charge in [-0.3, -0.25) is 9.69 Å². The van der Waals surface area contributed by atoms with Crippen molar-refractivity contribution in [2.45, 2.75) is 64.0 Å². The van der Waals surface area contributed by atoms with E-state index in [2.05, 4.69) is 4.98 Å². The van der Waals surface area contributed by atoms with Gasteiger partial charge in [-0.1, -0.05) is 0 Å². The second kappa shape index (κ2) is 7.32. The van der Waals surface area contributed by atoms with Crippen molar-refractivity contribution in [1.82, 2.24) is 14.8 Å². The highest BCUT2D eigenvalue weighted by molar-refractivity contribution is 7.09. The molecule has 3 rings (SSSR count). The second-order valence-corrected chi connectivity index (χ2v) is 8.73. The van der Waals surface area contributed by atoms with Crippen LogP contribution in [0.15, 0.2) is 11.6 Å². The molecule has 0 N–H and O–H groups in total. The van der Waals surface area contributed by atoms with E-state index in [0.29, 0.717) is 12.5 Å². The van der Waals surface area contributed by atoms with Gasteiger partial charge in [0.15, 0.2) is 0 Å². The Morgan fingerprint density at radius 3 is 2.52 bits per heavy atom. The summed E-state index contributed by atoms with van der Waals surface area (Å²) in [4.78, 5) is 33.3. The monoisotopic (exact) mass is 365 g/mol. The summed E-state index contributed by atoms with van der Waals surface area (Å²) >= 11 is 1.69. The standard InChI is InChI=1S/C18H27N3O3S/c1-18(2,3)24-17(23)21-9-4-5-14(21)16(22)20-10-6-13(7-11-20)15-19-8-12-25-15/h8,12-14H,4-7,9-11H2,1-3H3. The van der Waals surface area contributed by atoms with Gasteiger partial charge in [0.2, 0.25) is 5.91 Å². The summed E-state index contributed by atoms with van der Waals surface area (Å²) in [7, 11) is 0. The van der Waals surface area contributed by atoms with E-state index in [1.165, 1.54) is 5.01 Å². The van der Waals surface area contributed by atoms with Gasteiger partial charge in [0.05, 0.1) is 5.01 Å². The lowest BCUT2D eigenvalue weighted by molar-refractivity contribution is -0.137. The molecule has 0 radical (unpaired) electrons. The number of likely N-dealkylation sites (tertiary alicyclic amines) is 2. The number of hydrogen-bond donors (Lipinski definition) is 0. The molecule has 1 atom stereocenters. The third-order valence-electron chi connectivity index (χ3n) is 4.77. The third kappa shape index (κ3) is 4.32. The van der Waals surface area contributed by atoms with E-state index in [1.54, 1.807) is 16.2 Å². The van der Waals surface area contributed by atoms with E-state index in [0.717, 1.165) is 38.8 Å². The fraction of sp³-hybridized carbons (Fsp3) is 0.722.